The monoisotopic (exact) mass is 480 g/mol. The number of methoxy groups -OCH3 is 4. The fourth-order valence-electron chi connectivity index (χ4n) is 3.97. The van der Waals surface area contributed by atoms with Crippen LogP contribution in [0.4, 0.5) is 0 Å². The van der Waals surface area contributed by atoms with Crippen LogP contribution in [0.3, 0.4) is 0 Å². The van der Waals surface area contributed by atoms with Gasteiger partial charge in [-0.3, -0.25) is 0 Å². The minimum atomic E-state index is -3.55. The second-order valence-electron chi connectivity index (χ2n) is 7.82. The maximum absolute atomic E-state index is 12.5. The molecule has 33 heavy (non-hydrogen) atoms. The van der Waals surface area contributed by atoms with Gasteiger partial charge in [0.2, 0.25) is 5.75 Å². The van der Waals surface area contributed by atoms with Crippen molar-refractivity contribution < 1.29 is 36.8 Å². The van der Waals surface area contributed by atoms with E-state index >= 15 is 0 Å². The highest BCUT2D eigenvalue weighted by molar-refractivity contribution is 7.90. The quantitative estimate of drug-likeness (QED) is 0.491. The van der Waals surface area contributed by atoms with Crippen LogP contribution < -0.4 is 23.7 Å². The van der Waals surface area contributed by atoms with E-state index in [4.69, 9.17) is 28.4 Å². The molecule has 1 aliphatic rings. The Hall–Kier alpha value is -2.65. The molecule has 0 bridgehead atoms. The van der Waals surface area contributed by atoms with Gasteiger partial charge in [0.15, 0.2) is 32.8 Å². The molecule has 0 amide bonds. The van der Waals surface area contributed by atoms with Crippen molar-refractivity contribution in [2.45, 2.75) is 43.3 Å². The third kappa shape index (κ3) is 5.30. The highest BCUT2D eigenvalue weighted by Crippen LogP contribution is 2.47. The maximum atomic E-state index is 12.5. The van der Waals surface area contributed by atoms with Crippen LogP contribution in [0.5, 0.6) is 28.7 Å². The van der Waals surface area contributed by atoms with Crippen molar-refractivity contribution in [2.24, 2.45) is 0 Å². The summed E-state index contributed by atoms with van der Waals surface area (Å²) in [5.74, 6) is 2.24. The zero-order valence-corrected chi connectivity index (χ0v) is 20.8. The summed E-state index contributed by atoms with van der Waals surface area (Å²) in [5, 5.41) is 0. The second kappa shape index (κ2) is 10.5. The largest absolute Gasteiger partial charge is 0.493 e. The molecule has 0 spiro atoms. The van der Waals surface area contributed by atoms with Crippen LogP contribution in [-0.2, 0) is 14.6 Å². The molecule has 2 aromatic rings. The van der Waals surface area contributed by atoms with Crippen LogP contribution >= 0.6 is 0 Å². The van der Waals surface area contributed by atoms with E-state index in [-0.39, 0.29) is 22.9 Å². The first-order valence-electron chi connectivity index (χ1n) is 10.8. The predicted octanol–water partition coefficient (Wildman–Crippen LogP) is 4.51. The standard InChI is InChI=1S/C24H32O8S/c1-7-10-31-24-21(29-4)13-16(14-22(24)33(6,25)26)18-9-8-17(32-18)15-11-19(27-2)23(30-5)20(12-15)28-3/h11-14,17-18H,7-10H2,1-6H3/t17-,18-/m0/s1. The normalized spacial score (nSPS) is 18.1. The fraction of sp³-hybridized carbons (Fsp3) is 0.500. The smallest absolute Gasteiger partial charge is 0.203 e. The van der Waals surface area contributed by atoms with Crippen LogP contribution in [0.2, 0.25) is 0 Å². The molecule has 0 radical (unpaired) electrons. The van der Waals surface area contributed by atoms with E-state index in [2.05, 4.69) is 0 Å². The molecule has 1 heterocycles. The number of benzene rings is 2. The minimum Gasteiger partial charge on any atom is -0.493 e. The molecule has 0 N–H and O–H groups in total. The Bertz CT molecular complexity index is 1060. The van der Waals surface area contributed by atoms with E-state index in [9.17, 15) is 8.42 Å². The SMILES string of the molecule is CCCOc1c(OC)cc([C@@H]2CC[C@@H](c3cc(OC)c(OC)c(OC)c3)O2)cc1S(C)(=O)=O. The third-order valence-electron chi connectivity index (χ3n) is 5.56. The first-order chi connectivity index (χ1) is 15.8. The maximum Gasteiger partial charge on any atom is 0.203 e. The summed E-state index contributed by atoms with van der Waals surface area (Å²) >= 11 is 0. The van der Waals surface area contributed by atoms with Gasteiger partial charge in [0.05, 0.1) is 47.3 Å². The van der Waals surface area contributed by atoms with E-state index in [0.29, 0.717) is 36.0 Å². The van der Waals surface area contributed by atoms with E-state index in [1.165, 1.54) is 13.4 Å². The minimum absolute atomic E-state index is 0.102. The molecule has 1 aliphatic heterocycles. The Morgan fingerprint density at radius 2 is 1.30 bits per heavy atom. The van der Waals surface area contributed by atoms with Gasteiger partial charge in [0, 0.05) is 6.26 Å². The average Bonchev–Trinajstić information content (AvgIpc) is 3.30. The van der Waals surface area contributed by atoms with Crippen LogP contribution in [-0.4, -0.2) is 49.7 Å². The topological polar surface area (TPSA) is 89.5 Å². The second-order valence-corrected chi connectivity index (χ2v) is 9.80. The van der Waals surface area contributed by atoms with Gasteiger partial charge >= 0.3 is 0 Å². The average molecular weight is 481 g/mol. The van der Waals surface area contributed by atoms with Gasteiger partial charge in [-0.2, -0.15) is 0 Å². The van der Waals surface area contributed by atoms with Crippen molar-refractivity contribution in [3.63, 3.8) is 0 Å². The van der Waals surface area contributed by atoms with Gasteiger partial charge in [-0.1, -0.05) is 6.92 Å². The zero-order chi connectivity index (χ0) is 24.2. The first kappa shape index (κ1) is 25.0. The summed E-state index contributed by atoms with van der Waals surface area (Å²) in [6.45, 7) is 2.35. The number of hydrogen-bond donors (Lipinski definition) is 0. The van der Waals surface area contributed by atoms with Crippen molar-refractivity contribution in [3.8, 4) is 28.7 Å². The van der Waals surface area contributed by atoms with Crippen molar-refractivity contribution in [1.29, 1.82) is 0 Å². The predicted molar refractivity (Wildman–Crippen MR) is 124 cm³/mol. The number of hydrogen-bond acceptors (Lipinski definition) is 8. The van der Waals surface area contributed by atoms with Gasteiger partial charge in [0.1, 0.15) is 4.90 Å². The molecular formula is C24H32O8S. The Morgan fingerprint density at radius 3 is 1.73 bits per heavy atom. The lowest BCUT2D eigenvalue weighted by atomic mass is 10.0. The van der Waals surface area contributed by atoms with Crippen molar-refractivity contribution in [3.05, 3.63) is 35.4 Å². The lowest BCUT2D eigenvalue weighted by Crippen LogP contribution is -2.08. The van der Waals surface area contributed by atoms with E-state index in [0.717, 1.165) is 24.0 Å². The summed E-state index contributed by atoms with van der Waals surface area (Å²) in [5.41, 5.74) is 1.62. The summed E-state index contributed by atoms with van der Waals surface area (Å²) in [6, 6.07) is 7.17. The number of rotatable bonds is 10. The van der Waals surface area contributed by atoms with Gasteiger partial charge in [0.25, 0.3) is 0 Å². The fourth-order valence-corrected chi connectivity index (χ4v) is 4.82. The third-order valence-corrected chi connectivity index (χ3v) is 6.67. The molecule has 8 nitrogen and oxygen atoms in total. The molecule has 1 fully saturated rings. The summed E-state index contributed by atoms with van der Waals surface area (Å²) in [4.78, 5) is 0.102. The van der Waals surface area contributed by atoms with Crippen LogP contribution in [0.15, 0.2) is 29.2 Å². The lowest BCUT2D eigenvalue weighted by Gasteiger charge is -2.20. The highest BCUT2D eigenvalue weighted by atomic mass is 32.2. The molecule has 0 saturated carbocycles. The summed E-state index contributed by atoms with van der Waals surface area (Å²) < 4.78 is 58.9. The Balaban J connectivity index is 1.95. The molecule has 9 heteroatoms. The Morgan fingerprint density at radius 1 is 0.818 bits per heavy atom. The number of ether oxygens (including phenoxy) is 6. The van der Waals surface area contributed by atoms with Crippen molar-refractivity contribution in [2.75, 3.05) is 41.3 Å². The van der Waals surface area contributed by atoms with Gasteiger partial charge in [-0.05, 0) is 54.7 Å². The Labute approximate surface area is 195 Å². The summed E-state index contributed by atoms with van der Waals surface area (Å²) in [6.07, 6.45) is 2.85. The molecule has 0 aliphatic carbocycles. The molecule has 0 aromatic heterocycles. The van der Waals surface area contributed by atoms with Crippen molar-refractivity contribution >= 4 is 9.84 Å². The van der Waals surface area contributed by atoms with E-state index in [1.54, 1.807) is 33.5 Å². The first-order valence-corrected chi connectivity index (χ1v) is 12.7. The van der Waals surface area contributed by atoms with Gasteiger partial charge in [-0.15, -0.1) is 0 Å². The van der Waals surface area contributed by atoms with Gasteiger partial charge < -0.3 is 28.4 Å². The van der Waals surface area contributed by atoms with Crippen LogP contribution in [0.25, 0.3) is 0 Å². The zero-order valence-electron chi connectivity index (χ0n) is 20.0. The molecule has 2 atom stereocenters. The van der Waals surface area contributed by atoms with E-state index < -0.39 is 9.84 Å². The molecule has 2 aromatic carbocycles. The number of sulfone groups is 1. The molecule has 0 unspecified atom stereocenters. The molecular weight excluding hydrogens is 448 g/mol. The highest BCUT2D eigenvalue weighted by Gasteiger charge is 2.32. The van der Waals surface area contributed by atoms with E-state index in [1.807, 2.05) is 19.1 Å². The molecule has 1 saturated heterocycles. The van der Waals surface area contributed by atoms with Crippen molar-refractivity contribution in [1.82, 2.24) is 0 Å². The molecule has 182 valence electrons. The summed E-state index contributed by atoms with van der Waals surface area (Å²) in [7, 11) is 2.65. The lowest BCUT2D eigenvalue weighted by molar-refractivity contribution is 0.0435. The van der Waals surface area contributed by atoms with Crippen LogP contribution in [0, 0.1) is 0 Å². The van der Waals surface area contributed by atoms with Crippen LogP contribution in [0.1, 0.15) is 49.5 Å². The Kier molecular flexibility index (Phi) is 7.97. The van der Waals surface area contributed by atoms with Gasteiger partial charge in [-0.25, -0.2) is 8.42 Å². The molecule has 3 rings (SSSR count).